The molecule has 1 aliphatic rings. The first kappa shape index (κ1) is 14.1. The van der Waals surface area contributed by atoms with E-state index in [-0.39, 0.29) is 5.91 Å². The number of carbonyl (C=O) groups excluding carboxylic acids is 1. The van der Waals surface area contributed by atoms with Crippen molar-refractivity contribution in [1.82, 2.24) is 4.90 Å². The average molecular weight is 260 g/mol. The molecule has 19 heavy (non-hydrogen) atoms. The van der Waals surface area contributed by atoms with Gasteiger partial charge in [0.05, 0.1) is 0 Å². The van der Waals surface area contributed by atoms with E-state index in [1.807, 2.05) is 0 Å². The van der Waals surface area contributed by atoms with E-state index in [1.54, 1.807) is 0 Å². The van der Waals surface area contributed by atoms with E-state index in [0.717, 1.165) is 32.2 Å². The van der Waals surface area contributed by atoms with Crippen LogP contribution in [0.2, 0.25) is 0 Å². The zero-order valence-electron chi connectivity index (χ0n) is 11.8. The molecule has 1 atom stereocenters. The van der Waals surface area contributed by atoms with Crippen molar-refractivity contribution in [3.63, 3.8) is 0 Å². The lowest BCUT2D eigenvalue weighted by Crippen LogP contribution is -2.36. The number of hydrogen-bond donors (Lipinski definition) is 1. The summed E-state index contributed by atoms with van der Waals surface area (Å²) in [5, 5.41) is 0. The van der Waals surface area contributed by atoms with E-state index in [9.17, 15) is 4.79 Å². The van der Waals surface area contributed by atoms with Crippen molar-refractivity contribution in [2.24, 2.45) is 5.73 Å². The fourth-order valence-corrected chi connectivity index (χ4v) is 2.77. The average Bonchev–Trinajstić information content (AvgIpc) is 2.87. The number of aryl methyl sites for hydroxylation is 1. The Bertz CT molecular complexity index is 413. The molecule has 2 N–H and O–H groups in total. The Hall–Kier alpha value is -1.35. The third kappa shape index (κ3) is 3.80. The number of hydrogen-bond acceptors (Lipinski definition) is 2. The standard InChI is InChI=1S/C16H24N2O/c1-13-6-8-14(9-7-13)12-15-4-3-11-18(15)16(19)5-2-10-17/h6-9,15H,2-5,10-12,17H2,1H3. The minimum atomic E-state index is 0.278. The van der Waals surface area contributed by atoms with Crippen LogP contribution in [0.25, 0.3) is 0 Å². The molecule has 0 aliphatic carbocycles. The Kier molecular flexibility index (Phi) is 4.97. The second kappa shape index (κ2) is 6.71. The summed E-state index contributed by atoms with van der Waals surface area (Å²) in [6.07, 6.45) is 4.63. The molecule has 1 aliphatic heterocycles. The van der Waals surface area contributed by atoms with E-state index in [4.69, 9.17) is 5.73 Å². The van der Waals surface area contributed by atoms with Gasteiger partial charge in [-0.15, -0.1) is 0 Å². The fourth-order valence-electron chi connectivity index (χ4n) is 2.77. The Balaban J connectivity index is 1.95. The summed E-state index contributed by atoms with van der Waals surface area (Å²) in [5.74, 6) is 0.278. The summed E-state index contributed by atoms with van der Waals surface area (Å²) < 4.78 is 0. The second-order valence-electron chi connectivity index (χ2n) is 5.47. The predicted molar refractivity (Wildman–Crippen MR) is 77.9 cm³/mol. The summed E-state index contributed by atoms with van der Waals surface area (Å²) in [6, 6.07) is 9.02. The van der Waals surface area contributed by atoms with Gasteiger partial charge in [-0.25, -0.2) is 0 Å². The second-order valence-corrected chi connectivity index (χ2v) is 5.47. The summed E-state index contributed by atoms with van der Waals surface area (Å²) in [7, 11) is 0. The van der Waals surface area contributed by atoms with Gasteiger partial charge in [0.15, 0.2) is 0 Å². The topological polar surface area (TPSA) is 46.3 Å². The van der Waals surface area contributed by atoms with Gasteiger partial charge in [0.1, 0.15) is 0 Å². The van der Waals surface area contributed by atoms with Crippen molar-refractivity contribution < 1.29 is 4.79 Å². The molecular formula is C16H24N2O. The van der Waals surface area contributed by atoms with Gasteiger partial charge in [0.25, 0.3) is 0 Å². The van der Waals surface area contributed by atoms with Gasteiger partial charge in [-0.3, -0.25) is 4.79 Å². The molecule has 1 unspecified atom stereocenters. The normalized spacial score (nSPS) is 18.8. The van der Waals surface area contributed by atoms with Gasteiger partial charge in [0.2, 0.25) is 5.91 Å². The lowest BCUT2D eigenvalue weighted by molar-refractivity contribution is -0.132. The first-order valence-electron chi connectivity index (χ1n) is 7.26. The van der Waals surface area contributed by atoms with Crippen molar-refractivity contribution in [3.05, 3.63) is 35.4 Å². The van der Waals surface area contributed by atoms with Crippen LogP contribution in [0.4, 0.5) is 0 Å². The number of amides is 1. The summed E-state index contributed by atoms with van der Waals surface area (Å²) in [6.45, 7) is 3.62. The van der Waals surface area contributed by atoms with Crippen molar-refractivity contribution in [2.75, 3.05) is 13.1 Å². The Morgan fingerprint density at radius 3 is 2.79 bits per heavy atom. The maximum absolute atomic E-state index is 12.1. The van der Waals surface area contributed by atoms with E-state index in [0.29, 0.717) is 19.0 Å². The van der Waals surface area contributed by atoms with Crippen LogP contribution in [0.15, 0.2) is 24.3 Å². The zero-order valence-corrected chi connectivity index (χ0v) is 11.8. The van der Waals surface area contributed by atoms with Gasteiger partial charge in [-0.05, 0) is 44.7 Å². The molecule has 3 heteroatoms. The Morgan fingerprint density at radius 1 is 1.37 bits per heavy atom. The van der Waals surface area contributed by atoms with Crippen LogP contribution < -0.4 is 5.73 Å². The number of likely N-dealkylation sites (tertiary alicyclic amines) is 1. The van der Waals surface area contributed by atoms with Crippen molar-refractivity contribution in [1.29, 1.82) is 0 Å². The van der Waals surface area contributed by atoms with E-state index >= 15 is 0 Å². The van der Waals surface area contributed by atoms with Crippen LogP contribution >= 0.6 is 0 Å². The van der Waals surface area contributed by atoms with Crippen LogP contribution in [0.5, 0.6) is 0 Å². The molecule has 2 rings (SSSR count). The fraction of sp³-hybridized carbons (Fsp3) is 0.562. The van der Waals surface area contributed by atoms with Crippen molar-refractivity contribution in [3.8, 4) is 0 Å². The number of rotatable bonds is 5. The number of benzene rings is 1. The smallest absolute Gasteiger partial charge is 0.222 e. The largest absolute Gasteiger partial charge is 0.339 e. The van der Waals surface area contributed by atoms with Gasteiger partial charge < -0.3 is 10.6 Å². The summed E-state index contributed by atoms with van der Waals surface area (Å²) in [4.78, 5) is 14.2. The SMILES string of the molecule is Cc1ccc(CC2CCCN2C(=O)CCCN)cc1. The van der Waals surface area contributed by atoms with E-state index in [1.165, 1.54) is 11.1 Å². The molecule has 1 saturated heterocycles. The van der Waals surface area contributed by atoms with Crippen LogP contribution in [0, 0.1) is 6.92 Å². The Labute approximate surface area is 115 Å². The quantitative estimate of drug-likeness (QED) is 0.882. The molecule has 0 saturated carbocycles. The van der Waals surface area contributed by atoms with E-state index in [2.05, 4.69) is 36.1 Å². The zero-order chi connectivity index (χ0) is 13.7. The molecule has 1 aromatic carbocycles. The molecule has 1 heterocycles. The van der Waals surface area contributed by atoms with Gasteiger partial charge in [0, 0.05) is 19.0 Å². The van der Waals surface area contributed by atoms with E-state index < -0.39 is 0 Å². The summed E-state index contributed by atoms with van der Waals surface area (Å²) in [5.41, 5.74) is 8.09. The molecule has 1 aromatic rings. The maximum Gasteiger partial charge on any atom is 0.222 e. The van der Waals surface area contributed by atoms with Gasteiger partial charge in [-0.1, -0.05) is 29.8 Å². The van der Waals surface area contributed by atoms with Crippen molar-refractivity contribution in [2.45, 2.75) is 45.1 Å². The van der Waals surface area contributed by atoms with Crippen molar-refractivity contribution >= 4 is 5.91 Å². The first-order valence-corrected chi connectivity index (χ1v) is 7.26. The lowest BCUT2D eigenvalue weighted by atomic mass is 10.0. The molecular weight excluding hydrogens is 236 g/mol. The molecule has 0 bridgehead atoms. The van der Waals surface area contributed by atoms with Gasteiger partial charge in [-0.2, -0.15) is 0 Å². The van der Waals surface area contributed by atoms with Crippen LogP contribution in [-0.2, 0) is 11.2 Å². The third-order valence-electron chi connectivity index (χ3n) is 3.88. The first-order chi connectivity index (χ1) is 9.20. The molecule has 104 valence electrons. The molecule has 0 aromatic heterocycles. The monoisotopic (exact) mass is 260 g/mol. The predicted octanol–water partition coefficient (Wildman–Crippen LogP) is 2.27. The Morgan fingerprint density at radius 2 is 2.11 bits per heavy atom. The molecule has 3 nitrogen and oxygen atoms in total. The minimum Gasteiger partial charge on any atom is -0.339 e. The molecule has 1 fully saturated rings. The highest BCUT2D eigenvalue weighted by atomic mass is 16.2. The van der Waals surface area contributed by atoms with Gasteiger partial charge >= 0.3 is 0 Å². The van der Waals surface area contributed by atoms with Crippen LogP contribution in [0.1, 0.15) is 36.8 Å². The van der Waals surface area contributed by atoms with Crippen LogP contribution in [-0.4, -0.2) is 29.9 Å². The van der Waals surface area contributed by atoms with Crippen LogP contribution in [0.3, 0.4) is 0 Å². The number of nitrogens with zero attached hydrogens (tertiary/aromatic N) is 1. The maximum atomic E-state index is 12.1. The molecule has 0 spiro atoms. The lowest BCUT2D eigenvalue weighted by Gasteiger charge is -2.25. The number of carbonyl (C=O) groups is 1. The minimum absolute atomic E-state index is 0.278. The molecule has 0 radical (unpaired) electrons. The molecule has 1 amide bonds. The highest BCUT2D eigenvalue weighted by Crippen LogP contribution is 2.22. The third-order valence-corrected chi connectivity index (χ3v) is 3.88. The summed E-state index contributed by atoms with van der Waals surface area (Å²) >= 11 is 0. The number of nitrogens with two attached hydrogens (primary N) is 1. The highest BCUT2D eigenvalue weighted by Gasteiger charge is 2.27. The highest BCUT2D eigenvalue weighted by molar-refractivity contribution is 5.76.